The summed E-state index contributed by atoms with van der Waals surface area (Å²) >= 11 is 0. The van der Waals surface area contributed by atoms with Crippen LogP contribution in [0, 0.1) is 5.92 Å². The van der Waals surface area contributed by atoms with Gasteiger partial charge in [-0.05, 0) is 12.8 Å². The van der Waals surface area contributed by atoms with E-state index in [0.29, 0.717) is 6.61 Å². The van der Waals surface area contributed by atoms with Crippen molar-refractivity contribution in [1.82, 2.24) is 0 Å². The van der Waals surface area contributed by atoms with Gasteiger partial charge in [-0.2, -0.15) is 0 Å². The van der Waals surface area contributed by atoms with E-state index in [1.54, 1.807) is 0 Å². The van der Waals surface area contributed by atoms with Crippen LogP contribution < -0.4 is 5.73 Å². The van der Waals surface area contributed by atoms with Crippen LogP contribution in [-0.4, -0.2) is 18.6 Å². The van der Waals surface area contributed by atoms with Gasteiger partial charge in [0.2, 0.25) is 0 Å². The number of esters is 1. The molecule has 0 aromatic heterocycles. The molecule has 0 bridgehead atoms. The molecule has 3 heteroatoms. The van der Waals surface area contributed by atoms with Crippen LogP contribution in [0.25, 0.3) is 0 Å². The molecule has 0 saturated carbocycles. The zero-order chi connectivity index (χ0) is 10.3. The number of nitrogens with two attached hydrogens (primary N) is 1. The first-order valence-corrected chi connectivity index (χ1v) is 5.04. The molecule has 0 fully saturated rings. The Morgan fingerprint density at radius 1 is 1.46 bits per heavy atom. The summed E-state index contributed by atoms with van der Waals surface area (Å²) in [5.74, 6) is -0.136. The standard InChI is InChI=1S/C10H21NO2/c1-4-6-9(11)7-13-10(12)8(3)5-2/h8-9H,4-7,11H2,1-3H3. The summed E-state index contributed by atoms with van der Waals surface area (Å²) in [6.45, 7) is 6.26. The lowest BCUT2D eigenvalue weighted by Crippen LogP contribution is -2.28. The van der Waals surface area contributed by atoms with E-state index in [9.17, 15) is 4.79 Å². The number of ether oxygens (including phenoxy) is 1. The molecular weight excluding hydrogens is 166 g/mol. The van der Waals surface area contributed by atoms with Gasteiger partial charge in [0.15, 0.2) is 0 Å². The Balaban J connectivity index is 3.57. The minimum absolute atomic E-state index is 0.00185. The Hall–Kier alpha value is -0.570. The molecule has 2 unspecified atom stereocenters. The van der Waals surface area contributed by atoms with E-state index in [0.717, 1.165) is 19.3 Å². The Bertz CT molecular complexity index is 148. The fourth-order valence-corrected chi connectivity index (χ4v) is 0.952. The molecule has 13 heavy (non-hydrogen) atoms. The van der Waals surface area contributed by atoms with E-state index < -0.39 is 0 Å². The highest BCUT2D eigenvalue weighted by atomic mass is 16.5. The average Bonchev–Trinajstić information content (AvgIpc) is 2.13. The van der Waals surface area contributed by atoms with Crippen molar-refractivity contribution in [1.29, 1.82) is 0 Å². The van der Waals surface area contributed by atoms with Crippen molar-refractivity contribution in [2.45, 2.75) is 46.1 Å². The Morgan fingerprint density at radius 3 is 2.54 bits per heavy atom. The fraction of sp³-hybridized carbons (Fsp3) is 0.900. The molecule has 0 spiro atoms. The molecule has 3 nitrogen and oxygen atoms in total. The molecule has 78 valence electrons. The lowest BCUT2D eigenvalue weighted by Gasteiger charge is -2.13. The van der Waals surface area contributed by atoms with Gasteiger partial charge in [-0.3, -0.25) is 4.79 Å². The normalized spacial score (nSPS) is 15.1. The lowest BCUT2D eigenvalue weighted by atomic mass is 10.1. The van der Waals surface area contributed by atoms with E-state index in [1.165, 1.54) is 0 Å². The van der Waals surface area contributed by atoms with Gasteiger partial charge in [0, 0.05) is 6.04 Å². The summed E-state index contributed by atoms with van der Waals surface area (Å²) in [5.41, 5.74) is 5.70. The molecular formula is C10H21NO2. The minimum Gasteiger partial charge on any atom is -0.464 e. The molecule has 2 atom stereocenters. The van der Waals surface area contributed by atoms with Crippen molar-refractivity contribution < 1.29 is 9.53 Å². The summed E-state index contributed by atoms with van der Waals surface area (Å²) in [5, 5.41) is 0. The summed E-state index contributed by atoms with van der Waals surface area (Å²) in [7, 11) is 0. The van der Waals surface area contributed by atoms with Gasteiger partial charge in [0.25, 0.3) is 0 Å². The van der Waals surface area contributed by atoms with Crippen LogP contribution in [0.4, 0.5) is 0 Å². The smallest absolute Gasteiger partial charge is 0.308 e. The molecule has 0 aromatic carbocycles. The number of rotatable bonds is 6. The maximum absolute atomic E-state index is 11.2. The van der Waals surface area contributed by atoms with Gasteiger partial charge in [-0.15, -0.1) is 0 Å². The van der Waals surface area contributed by atoms with Crippen LogP contribution >= 0.6 is 0 Å². The lowest BCUT2D eigenvalue weighted by molar-refractivity contribution is -0.148. The third-order valence-electron chi connectivity index (χ3n) is 2.11. The molecule has 0 aromatic rings. The maximum atomic E-state index is 11.2. The number of carbonyl (C=O) groups is 1. The Kier molecular flexibility index (Phi) is 6.59. The molecule has 0 aliphatic carbocycles. The third kappa shape index (κ3) is 5.64. The molecule has 2 N–H and O–H groups in total. The quantitative estimate of drug-likeness (QED) is 0.644. The van der Waals surface area contributed by atoms with Crippen LogP contribution in [0.15, 0.2) is 0 Å². The molecule has 0 heterocycles. The van der Waals surface area contributed by atoms with Crippen LogP contribution in [0.2, 0.25) is 0 Å². The van der Waals surface area contributed by atoms with Gasteiger partial charge < -0.3 is 10.5 Å². The molecule has 0 saturated heterocycles. The maximum Gasteiger partial charge on any atom is 0.308 e. The molecule has 0 aliphatic rings. The topological polar surface area (TPSA) is 52.3 Å². The first-order chi connectivity index (χ1) is 6.11. The molecule has 0 radical (unpaired) electrons. The van der Waals surface area contributed by atoms with E-state index in [-0.39, 0.29) is 17.9 Å². The molecule has 0 amide bonds. The second-order valence-electron chi connectivity index (χ2n) is 3.49. The van der Waals surface area contributed by atoms with Crippen LogP contribution in [0.3, 0.4) is 0 Å². The predicted octanol–water partition coefficient (Wildman–Crippen LogP) is 1.70. The average molecular weight is 187 g/mol. The zero-order valence-corrected chi connectivity index (χ0v) is 8.88. The first-order valence-electron chi connectivity index (χ1n) is 5.04. The monoisotopic (exact) mass is 187 g/mol. The van der Waals surface area contributed by atoms with Crippen molar-refractivity contribution >= 4 is 5.97 Å². The van der Waals surface area contributed by atoms with E-state index in [4.69, 9.17) is 10.5 Å². The minimum atomic E-state index is -0.131. The first kappa shape index (κ1) is 12.4. The predicted molar refractivity (Wildman–Crippen MR) is 53.3 cm³/mol. The molecule has 0 rings (SSSR count). The second kappa shape index (κ2) is 6.89. The van der Waals surface area contributed by atoms with Crippen LogP contribution in [-0.2, 0) is 9.53 Å². The van der Waals surface area contributed by atoms with Crippen molar-refractivity contribution in [3.8, 4) is 0 Å². The van der Waals surface area contributed by atoms with Gasteiger partial charge in [0.05, 0.1) is 5.92 Å². The van der Waals surface area contributed by atoms with Crippen molar-refractivity contribution in [3.63, 3.8) is 0 Å². The second-order valence-corrected chi connectivity index (χ2v) is 3.49. The third-order valence-corrected chi connectivity index (χ3v) is 2.11. The van der Waals surface area contributed by atoms with E-state index in [1.807, 2.05) is 13.8 Å². The molecule has 0 aliphatic heterocycles. The van der Waals surface area contributed by atoms with Crippen molar-refractivity contribution in [2.24, 2.45) is 11.7 Å². The zero-order valence-electron chi connectivity index (χ0n) is 8.88. The number of hydrogen-bond acceptors (Lipinski definition) is 3. The van der Waals surface area contributed by atoms with Crippen LogP contribution in [0.1, 0.15) is 40.0 Å². The summed E-state index contributed by atoms with van der Waals surface area (Å²) in [4.78, 5) is 11.2. The summed E-state index contributed by atoms with van der Waals surface area (Å²) in [6, 6.07) is -0.00185. The largest absolute Gasteiger partial charge is 0.464 e. The van der Waals surface area contributed by atoms with Gasteiger partial charge >= 0.3 is 5.97 Å². The van der Waals surface area contributed by atoms with Crippen molar-refractivity contribution in [2.75, 3.05) is 6.61 Å². The SMILES string of the molecule is CCCC(N)COC(=O)C(C)CC. The number of hydrogen-bond donors (Lipinski definition) is 1. The fourth-order valence-electron chi connectivity index (χ4n) is 0.952. The van der Waals surface area contributed by atoms with E-state index in [2.05, 4.69) is 6.92 Å². The highest BCUT2D eigenvalue weighted by Gasteiger charge is 2.13. The van der Waals surface area contributed by atoms with Crippen LogP contribution in [0.5, 0.6) is 0 Å². The van der Waals surface area contributed by atoms with Gasteiger partial charge in [-0.1, -0.05) is 27.2 Å². The van der Waals surface area contributed by atoms with Gasteiger partial charge in [-0.25, -0.2) is 0 Å². The Labute approximate surface area is 80.6 Å². The highest BCUT2D eigenvalue weighted by molar-refractivity contribution is 5.71. The van der Waals surface area contributed by atoms with Gasteiger partial charge in [0.1, 0.15) is 6.61 Å². The number of carbonyl (C=O) groups excluding carboxylic acids is 1. The van der Waals surface area contributed by atoms with E-state index >= 15 is 0 Å². The Morgan fingerprint density at radius 2 is 2.08 bits per heavy atom. The highest BCUT2D eigenvalue weighted by Crippen LogP contribution is 2.04. The summed E-state index contributed by atoms with van der Waals surface area (Å²) < 4.78 is 5.05. The summed E-state index contributed by atoms with van der Waals surface area (Å²) in [6.07, 6.45) is 2.76. The van der Waals surface area contributed by atoms with Crippen molar-refractivity contribution in [3.05, 3.63) is 0 Å².